The fourth-order valence-electron chi connectivity index (χ4n) is 12.7. The molecule has 0 aliphatic carbocycles. The Bertz CT molecular complexity index is 2540. The minimum absolute atomic E-state index is 0.0999. The van der Waals surface area contributed by atoms with Gasteiger partial charge in [-0.15, -0.1) is 0 Å². The first kappa shape index (κ1) is 91.9. The lowest BCUT2D eigenvalue weighted by atomic mass is 9.97. The van der Waals surface area contributed by atoms with Crippen LogP contribution in [-0.2, 0) is 81.0 Å². The van der Waals surface area contributed by atoms with E-state index in [4.69, 9.17) is 37.9 Å². The van der Waals surface area contributed by atoms with Crippen LogP contribution in [0.25, 0.3) is 0 Å². The van der Waals surface area contributed by atoms with Crippen LogP contribution < -0.4 is 47.9 Å². The first-order valence-electron chi connectivity index (χ1n) is 37.4. The topological polar surface area (TPSA) is 538 Å². The summed E-state index contributed by atoms with van der Waals surface area (Å²) in [5, 5.41) is 126. The zero-order valence-corrected chi connectivity index (χ0v) is 61.4. The number of rotatable bonds is 53. The van der Waals surface area contributed by atoms with Crippen LogP contribution in [-0.4, -0.2) is 306 Å². The third-order valence-electron chi connectivity index (χ3n) is 18.7. The monoisotopic (exact) mass is 1510 g/mol. The van der Waals surface area contributed by atoms with Crippen LogP contribution in [0.1, 0.15) is 181 Å². The number of amides is 9. The molecule has 20 atom stereocenters. The SMILES string of the molecule is COC1CC(C(=O)NCCCCCCCCCC(=O)NC(CCC(=O)NC(CCC(=O)NCCCCCCOC2OC(CO)C(O)C(O)C2NC(C)=O)C(=O)NCCCCCCOC2OC(CO)C(O)C(O)C2NC(C)=O)C(=O)NCCCCCCOC2OC(CO)C(O)C(O)C2NC(C)=O)OC1CO. The maximum absolute atomic E-state index is 13.9. The average Bonchev–Trinajstić information content (AvgIpc) is 1.55. The second-order valence-electron chi connectivity index (χ2n) is 27.3. The third kappa shape index (κ3) is 33.9. The van der Waals surface area contributed by atoms with E-state index in [-0.39, 0.29) is 90.2 Å². The summed E-state index contributed by atoms with van der Waals surface area (Å²) in [5.74, 6) is -4.25. The molecule has 105 heavy (non-hydrogen) atoms. The summed E-state index contributed by atoms with van der Waals surface area (Å²) in [4.78, 5) is 116. The number of hydrogen-bond donors (Lipinski definition) is 19. The van der Waals surface area contributed by atoms with Crippen LogP contribution in [0, 0.1) is 0 Å². The van der Waals surface area contributed by atoms with Crippen LogP contribution in [0.2, 0.25) is 0 Å². The number of unbranched alkanes of at least 4 members (excludes halogenated alkanes) is 15. The Hall–Kier alpha value is -5.49. The van der Waals surface area contributed by atoms with Crippen molar-refractivity contribution in [2.45, 2.75) is 304 Å². The van der Waals surface area contributed by atoms with Crippen molar-refractivity contribution in [2.75, 3.05) is 79.5 Å². The molecule has 0 aromatic heterocycles. The number of carbonyl (C=O) groups is 9. The highest BCUT2D eigenvalue weighted by atomic mass is 16.7. The van der Waals surface area contributed by atoms with E-state index in [1.54, 1.807) is 0 Å². The molecule has 0 aromatic carbocycles. The van der Waals surface area contributed by atoms with Crippen molar-refractivity contribution >= 4 is 53.2 Å². The second kappa shape index (κ2) is 51.8. The molecule has 606 valence electrons. The molecule has 4 saturated heterocycles. The van der Waals surface area contributed by atoms with Gasteiger partial charge in [-0.25, -0.2) is 0 Å². The maximum Gasteiger partial charge on any atom is 0.249 e. The Morgan fingerprint density at radius 3 is 1.06 bits per heavy atom. The van der Waals surface area contributed by atoms with Gasteiger partial charge in [0, 0.05) is 99.6 Å². The van der Waals surface area contributed by atoms with Crippen LogP contribution in [0.15, 0.2) is 0 Å². The Kier molecular flexibility index (Phi) is 45.3. The molecule has 4 fully saturated rings. The molecule has 4 aliphatic heterocycles. The van der Waals surface area contributed by atoms with E-state index in [0.29, 0.717) is 96.4 Å². The number of methoxy groups -OCH3 is 1. The van der Waals surface area contributed by atoms with Gasteiger partial charge < -0.3 is 137 Å². The fraction of sp³-hybridized carbons (Fsp3) is 0.870. The van der Waals surface area contributed by atoms with E-state index in [1.807, 2.05) is 0 Å². The zero-order valence-electron chi connectivity index (χ0n) is 61.4. The summed E-state index contributed by atoms with van der Waals surface area (Å²) in [6.07, 6.45) is -5.07. The molecule has 9 amide bonds. The summed E-state index contributed by atoms with van der Waals surface area (Å²) < 4.78 is 45.2. The Morgan fingerprint density at radius 1 is 0.381 bits per heavy atom. The van der Waals surface area contributed by atoms with Gasteiger partial charge in [0.1, 0.15) is 97.4 Å². The minimum atomic E-state index is -1.47. The van der Waals surface area contributed by atoms with E-state index < -0.39 is 183 Å². The lowest BCUT2D eigenvalue weighted by molar-refractivity contribution is -0.270. The molecule has 0 saturated carbocycles. The number of hydrogen-bond acceptors (Lipinski definition) is 27. The van der Waals surface area contributed by atoms with Crippen LogP contribution in [0.3, 0.4) is 0 Å². The van der Waals surface area contributed by atoms with E-state index in [2.05, 4.69) is 47.9 Å². The number of ether oxygens (including phenoxy) is 8. The van der Waals surface area contributed by atoms with Gasteiger partial charge in [-0.2, -0.15) is 0 Å². The Morgan fingerprint density at radius 2 is 0.705 bits per heavy atom. The van der Waals surface area contributed by atoms with Crippen LogP contribution >= 0.6 is 0 Å². The third-order valence-corrected chi connectivity index (χ3v) is 18.7. The molecular formula is C69H123N9O27. The predicted molar refractivity (Wildman–Crippen MR) is 372 cm³/mol. The molecule has 20 unspecified atom stereocenters. The second-order valence-corrected chi connectivity index (χ2v) is 27.3. The molecule has 4 rings (SSSR count). The summed E-state index contributed by atoms with van der Waals surface area (Å²) >= 11 is 0. The van der Waals surface area contributed by atoms with Crippen molar-refractivity contribution in [2.24, 2.45) is 0 Å². The first-order valence-corrected chi connectivity index (χ1v) is 37.4. The molecule has 4 aliphatic rings. The minimum Gasteiger partial charge on any atom is -0.394 e. The number of aliphatic hydroxyl groups is 10. The quantitative estimate of drug-likeness (QED) is 0.0257. The van der Waals surface area contributed by atoms with Crippen molar-refractivity contribution in [3.05, 3.63) is 0 Å². The highest BCUT2D eigenvalue weighted by molar-refractivity contribution is 5.90. The van der Waals surface area contributed by atoms with Gasteiger partial charge in [0.05, 0.1) is 32.5 Å². The molecule has 19 N–H and O–H groups in total. The molecule has 0 spiro atoms. The van der Waals surface area contributed by atoms with Crippen LogP contribution in [0.4, 0.5) is 0 Å². The maximum atomic E-state index is 13.9. The largest absolute Gasteiger partial charge is 0.394 e. The average molecular weight is 1510 g/mol. The predicted octanol–water partition coefficient (Wildman–Crippen LogP) is -4.17. The Labute approximate surface area is 614 Å². The van der Waals surface area contributed by atoms with Gasteiger partial charge in [0.25, 0.3) is 0 Å². The molecule has 36 nitrogen and oxygen atoms in total. The number of aliphatic hydroxyl groups excluding tert-OH is 10. The van der Waals surface area contributed by atoms with E-state index in [1.165, 1.54) is 27.9 Å². The van der Waals surface area contributed by atoms with Crippen LogP contribution in [0.5, 0.6) is 0 Å². The highest BCUT2D eigenvalue weighted by Crippen LogP contribution is 2.27. The Balaban J connectivity index is 1.31. The van der Waals surface area contributed by atoms with Gasteiger partial charge in [-0.05, 0) is 64.2 Å². The van der Waals surface area contributed by atoms with Gasteiger partial charge in [-0.1, -0.05) is 70.6 Å². The van der Waals surface area contributed by atoms with Gasteiger partial charge in [0.15, 0.2) is 18.9 Å². The molecular weight excluding hydrogens is 1390 g/mol. The van der Waals surface area contributed by atoms with E-state index in [9.17, 15) is 94.2 Å². The molecule has 36 heteroatoms. The van der Waals surface area contributed by atoms with Crippen molar-refractivity contribution in [3.63, 3.8) is 0 Å². The lowest BCUT2D eigenvalue weighted by Crippen LogP contribution is -2.64. The lowest BCUT2D eigenvalue weighted by Gasteiger charge is -2.42. The van der Waals surface area contributed by atoms with Crippen molar-refractivity contribution < 1.29 is 132 Å². The smallest absolute Gasteiger partial charge is 0.249 e. The summed E-state index contributed by atoms with van der Waals surface area (Å²) in [6, 6.07) is -5.61. The molecule has 0 bridgehead atoms. The summed E-state index contributed by atoms with van der Waals surface area (Å²) in [5.41, 5.74) is 0. The van der Waals surface area contributed by atoms with E-state index >= 15 is 0 Å². The van der Waals surface area contributed by atoms with Crippen molar-refractivity contribution in [1.82, 2.24) is 47.9 Å². The first-order chi connectivity index (χ1) is 50.4. The molecule has 4 heterocycles. The number of nitrogens with one attached hydrogen (secondary N) is 9. The standard InChI is InChI=1S/C69H123N9O27/c1-41(83)74-55-61(92)58(89)49(38-80)103-67(55)99-33-21-13-10-17-29-70-52(86)27-25-44(64(95)71-30-19-11-14-22-34-100-68-56(75-42(2)84)62(93)59(90)50(39-81)104-68)78-54(88)28-26-45(65(96)72-31-20-12-15-23-35-101-69-57(76-43(3)85)63(94)60(91)51(40-82)105-69)77-53(87)24-16-8-6-5-7-9-18-32-73-66(97)47-36-46(98-4)48(37-79)102-47/h44-51,55-63,67-69,79-82,89-94H,5-40H2,1-4H3,(H,70,86)(H,71,95)(H,72,96)(H,73,97)(H,74,83)(H,75,84)(H,76,85)(H,77,87)(H,78,88). The number of carbonyl (C=O) groups excluding carboxylic acids is 9. The van der Waals surface area contributed by atoms with E-state index in [0.717, 1.165) is 38.5 Å². The van der Waals surface area contributed by atoms with Gasteiger partial charge >= 0.3 is 0 Å². The fourth-order valence-corrected chi connectivity index (χ4v) is 12.7. The summed E-state index contributed by atoms with van der Waals surface area (Å²) in [7, 11) is 1.51. The van der Waals surface area contributed by atoms with Crippen molar-refractivity contribution in [3.8, 4) is 0 Å². The normalized spacial score (nSPS) is 27.9. The zero-order chi connectivity index (χ0) is 77.2. The van der Waals surface area contributed by atoms with Crippen molar-refractivity contribution in [1.29, 1.82) is 0 Å². The summed E-state index contributed by atoms with van der Waals surface area (Å²) in [6.45, 7) is 3.25. The highest BCUT2D eigenvalue weighted by Gasteiger charge is 2.48. The molecule has 0 radical (unpaired) electrons. The van der Waals surface area contributed by atoms with Gasteiger partial charge in [0.2, 0.25) is 53.2 Å². The molecule has 0 aromatic rings. The van der Waals surface area contributed by atoms with Gasteiger partial charge in [-0.3, -0.25) is 43.2 Å².